The van der Waals surface area contributed by atoms with Crippen LogP contribution in [0.2, 0.25) is 0 Å². The molecule has 0 aliphatic heterocycles. The van der Waals surface area contributed by atoms with E-state index in [-0.39, 0.29) is 5.91 Å². The third-order valence-corrected chi connectivity index (χ3v) is 1.74. The van der Waals surface area contributed by atoms with Crippen LogP contribution in [0.15, 0.2) is 0 Å². The average molecular weight is 182 g/mol. The number of nitrogens with zero attached hydrogens (tertiary/aromatic N) is 1. The minimum Gasteiger partial charge on any atom is -0.338 e. The molecule has 0 spiro atoms. The predicted molar refractivity (Wildman–Crippen MR) is 52.0 cm³/mol. The lowest BCUT2D eigenvalue weighted by Crippen LogP contribution is -2.41. The van der Waals surface area contributed by atoms with Gasteiger partial charge in [-0.1, -0.05) is 19.8 Å². The van der Waals surface area contributed by atoms with Gasteiger partial charge in [0.25, 0.3) is 0 Å². The quantitative estimate of drug-likeness (QED) is 0.661. The highest BCUT2D eigenvalue weighted by atomic mass is 16.1. The molecule has 0 bridgehead atoms. The van der Waals surface area contributed by atoms with E-state index in [1.165, 1.54) is 0 Å². The van der Waals surface area contributed by atoms with Gasteiger partial charge in [-0.3, -0.25) is 4.79 Å². The fourth-order valence-corrected chi connectivity index (χ4v) is 0.975. The third kappa shape index (κ3) is 6.15. The molecule has 0 atom stereocenters. The Morgan fingerprint density at radius 2 is 2.08 bits per heavy atom. The topological polar surface area (TPSA) is 52.9 Å². The average Bonchev–Trinajstić information content (AvgIpc) is 2.04. The molecule has 3 nitrogen and oxygen atoms in total. The van der Waals surface area contributed by atoms with Crippen molar-refractivity contribution in [3.8, 4) is 6.07 Å². The highest BCUT2D eigenvalue weighted by Gasteiger charge is 2.18. The molecule has 0 heterocycles. The van der Waals surface area contributed by atoms with E-state index in [1.54, 1.807) is 13.8 Å². The van der Waals surface area contributed by atoms with Crippen LogP contribution in [0.5, 0.6) is 0 Å². The largest absolute Gasteiger partial charge is 0.338 e. The van der Waals surface area contributed by atoms with Crippen LogP contribution in [-0.4, -0.2) is 11.4 Å². The van der Waals surface area contributed by atoms with Gasteiger partial charge in [0, 0.05) is 6.42 Å². The maximum absolute atomic E-state index is 11.2. The van der Waals surface area contributed by atoms with E-state index in [9.17, 15) is 4.79 Å². The van der Waals surface area contributed by atoms with Gasteiger partial charge >= 0.3 is 0 Å². The summed E-state index contributed by atoms with van der Waals surface area (Å²) in [5, 5.41) is 11.3. The van der Waals surface area contributed by atoms with Gasteiger partial charge < -0.3 is 5.32 Å². The van der Waals surface area contributed by atoms with E-state index in [0.717, 1.165) is 19.3 Å². The number of hydrogen-bond donors (Lipinski definition) is 1. The van der Waals surface area contributed by atoms with E-state index in [4.69, 9.17) is 5.26 Å². The van der Waals surface area contributed by atoms with E-state index in [1.807, 2.05) is 6.07 Å². The van der Waals surface area contributed by atoms with Crippen LogP contribution in [0, 0.1) is 11.3 Å². The first-order chi connectivity index (χ1) is 6.02. The number of amides is 1. The molecule has 74 valence electrons. The molecular weight excluding hydrogens is 164 g/mol. The van der Waals surface area contributed by atoms with Gasteiger partial charge in [0.2, 0.25) is 5.91 Å². The summed E-state index contributed by atoms with van der Waals surface area (Å²) in [7, 11) is 0. The minimum atomic E-state index is -0.733. The van der Waals surface area contributed by atoms with Gasteiger partial charge in [0.15, 0.2) is 0 Å². The first-order valence-corrected chi connectivity index (χ1v) is 4.74. The molecule has 0 fully saturated rings. The van der Waals surface area contributed by atoms with Gasteiger partial charge in [0.05, 0.1) is 6.07 Å². The Kier molecular flexibility index (Phi) is 5.13. The van der Waals surface area contributed by atoms with Gasteiger partial charge in [-0.25, -0.2) is 0 Å². The SMILES string of the molecule is CCCCCC(=O)NC(C)(C)C#N. The van der Waals surface area contributed by atoms with Crippen LogP contribution in [0.25, 0.3) is 0 Å². The lowest BCUT2D eigenvalue weighted by atomic mass is 10.1. The van der Waals surface area contributed by atoms with Crippen molar-refractivity contribution in [2.45, 2.75) is 52.0 Å². The van der Waals surface area contributed by atoms with Crippen LogP contribution in [0.3, 0.4) is 0 Å². The zero-order valence-corrected chi connectivity index (χ0v) is 8.68. The first-order valence-electron chi connectivity index (χ1n) is 4.74. The number of carbonyl (C=O) groups excluding carboxylic acids is 1. The van der Waals surface area contributed by atoms with Gasteiger partial charge in [-0.05, 0) is 20.3 Å². The van der Waals surface area contributed by atoms with Crippen LogP contribution >= 0.6 is 0 Å². The lowest BCUT2D eigenvalue weighted by Gasteiger charge is -2.17. The summed E-state index contributed by atoms with van der Waals surface area (Å²) in [4.78, 5) is 11.2. The van der Waals surface area contributed by atoms with E-state index in [2.05, 4.69) is 12.2 Å². The Balaban J connectivity index is 3.70. The van der Waals surface area contributed by atoms with Crippen molar-refractivity contribution in [1.29, 1.82) is 5.26 Å². The predicted octanol–water partition coefficient (Wildman–Crippen LogP) is 1.99. The molecule has 0 aromatic rings. The van der Waals surface area contributed by atoms with Crippen LogP contribution in [-0.2, 0) is 4.79 Å². The second-order valence-corrected chi connectivity index (χ2v) is 3.74. The van der Waals surface area contributed by atoms with E-state index >= 15 is 0 Å². The molecule has 0 unspecified atom stereocenters. The normalized spacial score (nSPS) is 10.6. The smallest absolute Gasteiger partial charge is 0.221 e. The van der Waals surface area contributed by atoms with Crippen molar-refractivity contribution in [1.82, 2.24) is 5.32 Å². The van der Waals surface area contributed by atoms with Gasteiger partial charge in [-0.2, -0.15) is 5.26 Å². The molecule has 1 amide bonds. The van der Waals surface area contributed by atoms with Crippen molar-refractivity contribution in [2.75, 3.05) is 0 Å². The maximum Gasteiger partial charge on any atom is 0.221 e. The molecule has 0 aromatic carbocycles. The third-order valence-electron chi connectivity index (χ3n) is 1.74. The van der Waals surface area contributed by atoms with Crippen molar-refractivity contribution >= 4 is 5.91 Å². The Bertz CT molecular complexity index is 203. The van der Waals surface area contributed by atoms with Gasteiger partial charge in [-0.15, -0.1) is 0 Å². The second-order valence-electron chi connectivity index (χ2n) is 3.74. The molecule has 13 heavy (non-hydrogen) atoms. The van der Waals surface area contributed by atoms with Crippen molar-refractivity contribution < 1.29 is 4.79 Å². The number of nitriles is 1. The molecule has 0 aromatic heterocycles. The molecule has 0 radical (unpaired) electrons. The molecule has 0 rings (SSSR count). The Morgan fingerprint density at radius 3 is 2.54 bits per heavy atom. The minimum absolute atomic E-state index is 0.0278. The van der Waals surface area contributed by atoms with Crippen molar-refractivity contribution in [2.24, 2.45) is 0 Å². The Labute approximate surface area is 80.1 Å². The molecule has 0 saturated heterocycles. The molecule has 3 heteroatoms. The number of rotatable bonds is 5. The van der Waals surface area contributed by atoms with E-state index < -0.39 is 5.54 Å². The highest BCUT2D eigenvalue weighted by Crippen LogP contribution is 2.03. The molecule has 0 saturated carbocycles. The summed E-state index contributed by atoms with van der Waals surface area (Å²) in [6.07, 6.45) is 3.61. The highest BCUT2D eigenvalue weighted by molar-refractivity contribution is 5.77. The van der Waals surface area contributed by atoms with Crippen molar-refractivity contribution in [3.05, 3.63) is 0 Å². The Morgan fingerprint density at radius 1 is 1.46 bits per heavy atom. The van der Waals surface area contributed by atoms with Crippen LogP contribution < -0.4 is 5.32 Å². The number of hydrogen-bond acceptors (Lipinski definition) is 2. The summed E-state index contributed by atoms with van der Waals surface area (Å²) < 4.78 is 0. The second kappa shape index (κ2) is 5.58. The first kappa shape index (κ1) is 12.0. The van der Waals surface area contributed by atoms with E-state index in [0.29, 0.717) is 6.42 Å². The fraction of sp³-hybridized carbons (Fsp3) is 0.800. The van der Waals surface area contributed by atoms with Crippen LogP contribution in [0.1, 0.15) is 46.5 Å². The zero-order chi connectivity index (χ0) is 10.3. The maximum atomic E-state index is 11.2. The number of nitrogens with one attached hydrogen (secondary N) is 1. The summed E-state index contributed by atoms with van der Waals surface area (Å²) in [5.74, 6) is -0.0278. The fourth-order valence-electron chi connectivity index (χ4n) is 0.975. The summed E-state index contributed by atoms with van der Waals surface area (Å²) in [6.45, 7) is 5.49. The van der Waals surface area contributed by atoms with Gasteiger partial charge in [0.1, 0.15) is 5.54 Å². The molecule has 1 N–H and O–H groups in total. The van der Waals surface area contributed by atoms with Crippen LogP contribution in [0.4, 0.5) is 0 Å². The monoisotopic (exact) mass is 182 g/mol. The standard InChI is InChI=1S/C10H18N2O/c1-4-5-6-7-9(13)12-10(2,3)8-11/h4-7H2,1-3H3,(H,12,13). The summed E-state index contributed by atoms with van der Waals surface area (Å²) in [5.41, 5.74) is -0.733. The summed E-state index contributed by atoms with van der Waals surface area (Å²) in [6, 6.07) is 2.03. The zero-order valence-electron chi connectivity index (χ0n) is 8.68. The Hall–Kier alpha value is -1.04. The number of unbranched alkanes of at least 4 members (excludes halogenated alkanes) is 2. The summed E-state index contributed by atoms with van der Waals surface area (Å²) >= 11 is 0. The van der Waals surface area contributed by atoms with Crippen molar-refractivity contribution in [3.63, 3.8) is 0 Å². The molecule has 0 aliphatic carbocycles. The number of carbonyl (C=O) groups is 1. The molecule has 0 aliphatic rings. The molecular formula is C10H18N2O. The lowest BCUT2D eigenvalue weighted by molar-refractivity contribution is -0.122.